The Labute approximate surface area is 74.4 Å². The molecule has 3 nitrogen and oxygen atoms in total. The summed E-state index contributed by atoms with van der Waals surface area (Å²) in [6.07, 6.45) is 0.722. The summed E-state index contributed by atoms with van der Waals surface area (Å²) in [4.78, 5) is 2.40. The molecular weight excluding hydrogens is 150 g/mol. The van der Waals surface area contributed by atoms with Crippen molar-refractivity contribution in [1.29, 1.82) is 5.41 Å². The van der Waals surface area contributed by atoms with Crippen molar-refractivity contribution < 1.29 is 0 Å². The van der Waals surface area contributed by atoms with Crippen molar-refractivity contribution in [3.8, 4) is 0 Å². The molecule has 1 aliphatic heterocycles. The maximum absolute atomic E-state index is 7.11. The molecule has 2 atom stereocenters. The molecule has 0 aliphatic carbocycles. The number of rotatable bonds is 3. The minimum atomic E-state index is 0.308. The van der Waals surface area contributed by atoms with Gasteiger partial charge in [0.05, 0.1) is 5.84 Å². The van der Waals surface area contributed by atoms with E-state index in [1.165, 1.54) is 13.1 Å². The van der Waals surface area contributed by atoms with Gasteiger partial charge in [-0.05, 0) is 11.8 Å². The van der Waals surface area contributed by atoms with E-state index in [0.717, 1.165) is 24.8 Å². The quantitative estimate of drug-likeness (QED) is 0.487. The second-order valence-electron chi connectivity index (χ2n) is 3.99. The Balaban J connectivity index is 2.23. The fraction of sp³-hybridized carbons (Fsp3) is 0.889. The molecule has 0 bridgehead atoms. The van der Waals surface area contributed by atoms with E-state index in [4.69, 9.17) is 11.1 Å². The molecule has 0 aromatic heterocycles. The molecular formula is C9H19N3. The van der Waals surface area contributed by atoms with Crippen LogP contribution in [0.5, 0.6) is 0 Å². The van der Waals surface area contributed by atoms with E-state index in [-0.39, 0.29) is 0 Å². The predicted octanol–water partition coefficient (Wildman–Crippen LogP) is 0.900. The molecule has 0 saturated carbocycles. The zero-order chi connectivity index (χ0) is 9.14. The molecule has 1 saturated heterocycles. The molecule has 70 valence electrons. The van der Waals surface area contributed by atoms with E-state index in [9.17, 15) is 0 Å². The molecule has 1 heterocycles. The molecule has 3 N–H and O–H groups in total. The Hall–Kier alpha value is -0.570. The average Bonchev–Trinajstić information content (AvgIpc) is 2.28. The molecule has 1 aliphatic rings. The van der Waals surface area contributed by atoms with Crippen LogP contribution in [0.15, 0.2) is 0 Å². The van der Waals surface area contributed by atoms with E-state index >= 15 is 0 Å². The Morgan fingerprint density at radius 1 is 1.42 bits per heavy atom. The Bertz CT molecular complexity index is 157. The highest BCUT2D eigenvalue weighted by atomic mass is 15.1. The van der Waals surface area contributed by atoms with Crippen molar-refractivity contribution in [3.63, 3.8) is 0 Å². The summed E-state index contributed by atoms with van der Waals surface area (Å²) >= 11 is 0. The van der Waals surface area contributed by atoms with Crippen molar-refractivity contribution in [2.45, 2.75) is 20.3 Å². The highest BCUT2D eigenvalue weighted by Gasteiger charge is 2.25. The SMILES string of the molecule is CC1CN(CCC(=N)N)CC1C. The lowest BCUT2D eigenvalue weighted by atomic mass is 10.0. The number of hydrogen-bond donors (Lipinski definition) is 2. The highest BCUT2D eigenvalue weighted by Crippen LogP contribution is 2.21. The summed E-state index contributed by atoms with van der Waals surface area (Å²) in [5.41, 5.74) is 5.30. The largest absolute Gasteiger partial charge is 0.388 e. The topological polar surface area (TPSA) is 53.1 Å². The first kappa shape index (κ1) is 9.52. The Kier molecular flexibility index (Phi) is 3.09. The third-order valence-electron chi connectivity index (χ3n) is 2.76. The number of nitrogens with zero attached hydrogens (tertiary/aromatic N) is 1. The summed E-state index contributed by atoms with van der Waals surface area (Å²) in [5.74, 6) is 1.91. The van der Waals surface area contributed by atoms with Crippen LogP contribution in [0.2, 0.25) is 0 Å². The predicted molar refractivity (Wildman–Crippen MR) is 51.3 cm³/mol. The lowest BCUT2D eigenvalue weighted by Crippen LogP contribution is -2.26. The van der Waals surface area contributed by atoms with E-state index < -0.39 is 0 Å². The minimum absolute atomic E-state index is 0.308. The molecule has 1 fully saturated rings. The number of hydrogen-bond acceptors (Lipinski definition) is 2. The smallest absolute Gasteiger partial charge is 0.0918 e. The zero-order valence-corrected chi connectivity index (χ0v) is 8.01. The molecule has 0 amide bonds. The number of nitrogens with two attached hydrogens (primary N) is 1. The van der Waals surface area contributed by atoms with Gasteiger partial charge in [-0.25, -0.2) is 0 Å². The van der Waals surface area contributed by atoms with Crippen LogP contribution < -0.4 is 5.73 Å². The van der Waals surface area contributed by atoms with Crippen LogP contribution in [0, 0.1) is 17.2 Å². The maximum atomic E-state index is 7.11. The van der Waals surface area contributed by atoms with Crippen LogP contribution in [-0.4, -0.2) is 30.4 Å². The van der Waals surface area contributed by atoms with Crippen LogP contribution in [0.3, 0.4) is 0 Å². The van der Waals surface area contributed by atoms with Crippen LogP contribution in [0.1, 0.15) is 20.3 Å². The summed E-state index contributed by atoms with van der Waals surface area (Å²) in [7, 11) is 0. The zero-order valence-electron chi connectivity index (χ0n) is 8.01. The normalized spacial score (nSPS) is 30.8. The third-order valence-corrected chi connectivity index (χ3v) is 2.76. The van der Waals surface area contributed by atoms with Crippen LogP contribution >= 0.6 is 0 Å². The van der Waals surface area contributed by atoms with Crippen molar-refractivity contribution in [2.75, 3.05) is 19.6 Å². The van der Waals surface area contributed by atoms with Crippen LogP contribution in [0.25, 0.3) is 0 Å². The van der Waals surface area contributed by atoms with Crippen LogP contribution in [0.4, 0.5) is 0 Å². The second kappa shape index (κ2) is 3.90. The third kappa shape index (κ3) is 2.48. The van der Waals surface area contributed by atoms with Gasteiger partial charge in [-0.2, -0.15) is 0 Å². The molecule has 3 heteroatoms. The first-order chi connectivity index (χ1) is 5.59. The summed E-state index contributed by atoms with van der Waals surface area (Å²) in [5, 5.41) is 7.11. The molecule has 2 unspecified atom stereocenters. The number of amidine groups is 1. The van der Waals surface area contributed by atoms with Gasteiger partial charge in [-0.3, -0.25) is 5.41 Å². The van der Waals surface area contributed by atoms with Crippen molar-refractivity contribution in [1.82, 2.24) is 4.90 Å². The highest BCUT2D eigenvalue weighted by molar-refractivity contribution is 5.76. The van der Waals surface area contributed by atoms with Crippen LogP contribution in [-0.2, 0) is 0 Å². The van der Waals surface area contributed by atoms with E-state index in [2.05, 4.69) is 18.7 Å². The minimum Gasteiger partial charge on any atom is -0.388 e. The molecule has 0 aromatic carbocycles. The lowest BCUT2D eigenvalue weighted by Gasteiger charge is -2.13. The van der Waals surface area contributed by atoms with E-state index in [0.29, 0.717) is 5.84 Å². The van der Waals surface area contributed by atoms with Gasteiger partial charge in [-0.15, -0.1) is 0 Å². The van der Waals surface area contributed by atoms with E-state index in [1.54, 1.807) is 0 Å². The van der Waals surface area contributed by atoms with Gasteiger partial charge in [0, 0.05) is 26.1 Å². The lowest BCUT2D eigenvalue weighted by molar-refractivity contribution is 0.333. The fourth-order valence-electron chi connectivity index (χ4n) is 1.71. The van der Waals surface area contributed by atoms with Gasteiger partial charge in [-0.1, -0.05) is 13.8 Å². The average molecular weight is 169 g/mol. The number of nitrogens with one attached hydrogen (secondary N) is 1. The van der Waals surface area contributed by atoms with Gasteiger partial charge in [0.2, 0.25) is 0 Å². The second-order valence-corrected chi connectivity index (χ2v) is 3.99. The van der Waals surface area contributed by atoms with Gasteiger partial charge >= 0.3 is 0 Å². The standard InChI is InChI=1S/C9H19N3/c1-7-5-12(6-8(7)2)4-3-9(10)11/h7-8H,3-6H2,1-2H3,(H3,10,11). The van der Waals surface area contributed by atoms with Crippen molar-refractivity contribution in [2.24, 2.45) is 17.6 Å². The monoisotopic (exact) mass is 169 g/mol. The van der Waals surface area contributed by atoms with Gasteiger partial charge in [0.1, 0.15) is 0 Å². The summed E-state index contributed by atoms with van der Waals surface area (Å²) in [6.45, 7) is 7.89. The molecule has 0 aromatic rings. The number of likely N-dealkylation sites (tertiary alicyclic amines) is 1. The van der Waals surface area contributed by atoms with Gasteiger partial charge < -0.3 is 10.6 Å². The Morgan fingerprint density at radius 3 is 2.33 bits per heavy atom. The van der Waals surface area contributed by atoms with Crippen molar-refractivity contribution >= 4 is 5.84 Å². The van der Waals surface area contributed by atoms with Gasteiger partial charge in [0.25, 0.3) is 0 Å². The fourth-order valence-corrected chi connectivity index (χ4v) is 1.71. The van der Waals surface area contributed by atoms with Crippen molar-refractivity contribution in [3.05, 3.63) is 0 Å². The first-order valence-corrected chi connectivity index (χ1v) is 4.65. The van der Waals surface area contributed by atoms with E-state index in [1.807, 2.05) is 0 Å². The molecule has 0 spiro atoms. The maximum Gasteiger partial charge on any atom is 0.0918 e. The molecule has 1 rings (SSSR count). The summed E-state index contributed by atoms with van der Waals surface area (Å²) < 4.78 is 0. The molecule has 12 heavy (non-hydrogen) atoms. The Morgan fingerprint density at radius 2 is 1.92 bits per heavy atom. The first-order valence-electron chi connectivity index (χ1n) is 4.65. The van der Waals surface area contributed by atoms with Gasteiger partial charge in [0.15, 0.2) is 0 Å². The molecule has 0 radical (unpaired) electrons. The summed E-state index contributed by atoms with van der Waals surface area (Å²) in [6, 6.07) is 0.